The van der Waals surface area contributed by atoms with Crippen molar-refractivity contribution >= 4 is 45.6 Å². The van der Waals surface area contributed by atoms with Crippen LogP contribution < -0.4 is 15.8 Å². The Balaban J connectivity index is 0.00000180. The van der Waals surface area contributed by atoms with Gasteiger partial charge in [0.05, 0.1) is 18.0 Å². The summed E-state index contributed by atoms with van der Waals surface area (Å²) in [6.45, 7) is 0.576. The zero-order valence-electron chi connectivity index (χ0n) is 10.3. The molecule has 1 aliphatic heterocycles. The number of nitrogens with zero attached hydrogens (tertiary/aromatic N) is 2. The number of anilines is 1. The largest absolute Gasteiger partial charge is 0.370 e. The van der Waals surface area contributed by atoms with Gasteiger partial charge in [0.15, 0.2) is 5.96 Å². The molecule has 0 atom stereocenters. The van der Waals surface area contributed by atoms with Gasteiger partial charge in [-0.2, -0.15) is 0 Å². The molecule has 0 fully saturated rings. The fourth-order valence-electron chi connectivity index (χ4n) is 2.00. The van der Waals surface area contributed by atoms with Crippen molar-refractivity contribution in [3.05, 3.63) is 29.8 Å². The van der Waals surface area contributed by atoms with E-state index < -0.39 is 10.0 Å². The third kappa shape index (κ3) is 3.72. The van der Waals surface area contributed by atoms with Crippen molar-refractivity contribution in [2.45, 2.75) is 6.42 Å². The van der Waals surface area contributed by atoms with E-state index in [0.717, 1.165) is 17.7 Å². The summed E-state index contributed by atoms with van der Waals surface area (Å²) in [5, 5.41) is 0. The second-order valence-corrected chi connectivity index (χ2v) is 6.09. The molecule has 8 heteroatoms. The van der Waals surface area contributed by atoms with Gasteiger partial charge < -0.3 is 11.5 Å². The van der Waals surface area contributed by atoms with E-state index in [2.05, 4.69) is 4.99 Å². The second-order valence-electron chi connectivity index (χ2n) is 4.07. The minimum atomic E-state index is -3.35. The summed E-state index contributed by atoms with van der Waals surface area (Å²) in [7, 11) is -3.35. The van der Waals surface area contributed by atoms with E-state index in [1.807, 2.05) is 24.3 Å². The predicted molar refractivity (Wildman–Crippen MR) is 87.4 cm³/mol. The minimum absolute atomic E-state index is 0. The number of rotatable bonds is 4. The minimum Gasteiger partial charge on any atom is -0.370 e. The van der Waals surface area contributed by atoms with Crippen molar-refractivity contribution in [1.29, 1.82) is 0 Å². The molecule has 1 aromatic rings. The molecule has 1 heterocycles. The topological polar surface area (TPSA) is 102 Å². The van der Waals surface area contributed by atoms with Crippen LogP contribution in [0.25, 0.3) is 0 Å². The normalized spacial score (nSPS) is 13.6. The summed E-state index contributed by atoms with van der Waals surface area (Å²) >= 11 is 0. The fraction of sp³-hybridized carbons (Fsp3) is 0.364. The van der Waals surface area contributed by atoms with E-state index in [9.17, 15) is 8.42 Å². The summed E-state index contributed by atoms with van der Waals surface area (Å²) in [4.78, 5) is 3.70. The summed E-state index contributed by atoms with van der Waals surface area (Å²) in [6.07, 6.45) is 0.748. The highest BCUT2D eigenvalue weighted by Crippen LogP contribution is 2.29. The van der Waals surface area contributed by atoms with Crippen molar-refractivity contribution in [3.63, 3.8) is 0 Å². The number of fused-ring (bicyclic) bond motifs is 1. The Hall–Kier alpha value is -1.03. The van der Waals surface area contributed by atoms with E-state index in [1.165, 1.54) is 4.31 Å². The Morgan fingerprint density at radius 1 is 1.32 bits per heavy atom. The first-order valence-corrected chi connectivity index (χ1v) is 7.25. The van der Waals surface area contributed by atoms with Gasteiger partial charge in [-0.1, -0.05) is 18.2 Å². The van der Waals surface area contributed by atoms with E-state index in [1.54, 1.807) is 0 Å². The number of nitrogens with two attached hydrogens (primary N) is 2. The first kappa shape index (κ1) is 16.0. The molecule has 0 radical (unpaired) electrons. The van der Waals surface area contributed by atoms with Crippen LogP contribution in [0.4, 0.5) is 5.69 Å². The molecular formula is C11H17IN4O2S. The van der Waals surface area contributed by atoms with Crippen LogP contribution in [0.15, 0.2) is 29.3 Å². The van der Waals surface area contributed by atoms with Crippen molar-refractivity contribution < 1.29 is 8.42 Å². The van der Waals surface area contributed by atoms with Gasteiger partial charge >= 0.3 is 0 Å². The summed E-state index contributed by atoms with van der Waals surface area (Å²) in [5.74, 6) is -0.175. The highest BCUT2D eigenvalue weighted by molar-refractivity contribution is 14.0. The zero-order chi connectivity index (χ0) is 13.2. The lowest BCUT2D eigenvalue weighted by Crippen LogP contribution is -2.33. The number of guanidine groups is 1. The van der Waals surface area contributed by atoms with Gasteiger partial charge in [-0.25, -0.2) is 8.42 Å². The number of hydrogen-bond donors (Lipinski definition) is 2. The summed E-state index contributed by atoms with van der Waals surface area (Å²) in [5.41, 5.74) is 12.2. The molecule has 19 heavy (non-hydrogen) atoms. The molecule has 6 nitrogen and oxygen atoms in total. The van der Waals surface area contributed by atoms with E-state index in [0.29, 0.717) is 6.54 Å². The molecule has 1 aliphatic rings. The van der Waals surface area contributed by atoms with E-state index >= 15 is 0 Å². The molecule has 0 saturated carbocycles. The number of benzene rings is 1. The molecule has 0 spiro atoms. The predicted octanol–water partition coefficient (Wildman–Crippen LogP) is 0.270. The molecule has 0 saturated heterocycles. The van der Waals surface area contributed by atoms with Crippen molar-refractivity contribution in [1.82, 2.24) is 0 Å². The standard InChI is InChI=1S/C11H16N4O2S.HI/c12-11(13)14-6-8-18(16,17)15-7-5-9-3-1-2-4-10(9)15;/h1-4H,5-8H2,(H4,12,13,14);1H. The molecule has 1 aromatic carbocycles. The van der Waals surface area contributed by atoms with Gasteiger partial charge in [0, 0.05) is 6.54 Å². The number of halogens is 1. The van der Waals surface area contributed by atoms with E-state index in [-0.39, 0.29) is 42.2 Å². The molecule has 0 amide bonds. The number of hydrogen-bond acceptors (Lipinski definition) is 3. The van der Waals surface area contributed by atoms with Gasteiger partial charge in [0.1, 0.15) is 0 Å². The quantitative estimate of drug-likeness (QED) is 0.433. The van der Waals surface area contributed by atoms with Gasteiger partial charge in [-0.15, -0.1) is 24.0 Å². The highest BCUT2D eigenvalue weighted by Gasteiger charge is 2.28. The fourth-order valence-corrected chi connectivity index (χ4v) is 3.39. The average molecular weight is 396 g/mol. The molecule has 2 rings (SSSR count). The van der Waals surface area contributed by atoms with Crippen molar-refractivity contribution in [3.8, 4) is 0 Å². The molecule has 0 aromatic heterocycles. The summed E-state index contributed by atoms with van der Waals surface area (Å²) < 4.78 is 25.7. The lowest BCUT2D eigenvalue weighted by Gasteiger charge is -2.18. The lowest BCUT2D eigenvalue weighted by atomic mass is 10.2. The summed E-state index contributed by atoms with van der Waals surface area (Å²) in [6, 6.07) is 7.51. The van der Waals surface area contributed by atoms with Gasteiger partial charge in [0.2, 0.25) is 10.0 Å². The smallest absolute Gasteiger partial charge is 0.237 e. The maximum absolute atomic E-state index is 12.2. The number of aliphatic imine (C=N–C) groups is 1. The molecular weight excluding hydrogens is 379 g/mol. The van der Waals surface area contributed by atoms with Crippen LogP contribution in [0.1, 0.15) is 5.56 Å². The average Bonchev–Trinajstić information content (AvgIpc) is 2.72. The molecule has 0 bridgehead atoms. The van der Waals surface area contributed by atoms with Gasteiger partial charge in [-0.05, 0) is 18.1 Å². The molecule has 4 N–H and O–H groups in total. The van der Waals surface area contributed by atoms with E-state index in [4.69, 9.17) is 11.5 Å². The lowest BCUT2D eigenvalue weighted by molar-refractivity contribution is 0.592. The van der Waals surface area contributed by atoms with Crippen molar-refractivity contribution in [2.75, 3.05) is 23.1 Å². The van der Waals surface area contributed by atoms with Gasteiger partial charge in [0.25, 0.3) is 0 Å². The first-order chi connectivity index (χ1) is 8.50. The maximum atomic E-state index is 12.2. The Bertz CT molecular complexity index is 570. The number of sulfonamides is 1. The SMILES string of the molecule is I.NC(N)=NCCS(=O)(=O)N1CCc2ccccc21. The molecule has 106 valence electrons. The zero-order valence-corrected chi connectivity index (χ0v) is 13.5. The van der Waals surface area contributed by atoms with Crippen LogP contribution in [-0.4, -0.2) is 33.2 Å². The van der Waals surface area contributed by atoms with Gasteiger partial charge in [-0.3, -0.25) is 9.30 Å². The van der Waals surface area contributed by atoms with Crippen LogP contribution in [-0.2, 0) is 16.4 Å². The Labute approximate surface area is 129 Å². The first-order valence-electron chi connectivity index (χ1n) is 5.64. The Morgan fingerprint density at radius 2 is 2.00 bits per heavy atom. The highest BCUT2D eigenvalue weighted by atomic mass is 127. The monoisotopic (exact) mass is 396 g/mol. The maximum Gasteiger partial charge on any atom is 0.237 e. The van der Waals surface area contributed by atoms with Crippen LogP contribution in [0, 0.1) is 0 Å². The van der Waals surface area contributed by atoms with Crippen LogP contribution in [0.3, 0.4) is 0 Å². The Morgan fingerprint density at radius 3 is 2.68 bits per heavy atom. The third-order valence-corrected chi connectivity index (χ3v) is 4.57. The molecule has 0 aliphatic carbocycles. The second kappa shape index (κ2) is 6.42. The number of para-hydroxylation sites is 1. The van der Waals surface area contributed by atoms with Crippen molar-refractivity contribution in [2.24, 2.45) is 16.5 Å². The Kier molecular flexibility index (Phi) is 5.41. The third-order valence-electron chi connectivity index (χ3n) is 2.82. The van der Waals surface area contributed by atoms with Crippen LogP contribution >= 0.6 is 24.0 Å². The molecule has 0 unspecified atom stereocenters. The van der Waals surface area contributed by atoms with Crippen LogP contribution in [0.5, 0.6) is 0 Å². The van der Waals surface area contributed by atoms with Crippen LogP contribution in [0.2, 0.25) is 0 Å².